The maximum atomic E-state index is 13.2. The Morgan fingerprint density at radius 1 is 1.03 bits per heavy atom. The summed E-state index contributed by atoms with van der Waals surface area (Å²) in [7, 11) is 2.81. The van der Waals surface area contributed by atoms with E-state index in [2.05, 4.69) is 10.3 Å². The van der Waals surface area contributed by atoms with E-state index < -0.39 is 24.0 Å². The minimum absolute atomic E-state index is 0.137. The number of anilines is 1. The van der Waals surface area contributed by atoms with Crippen molar-refractivity contribution < 1.29 is 23.9 Å². The van der Waals surface area contributed by atoms with Crippen LogP contribution in [0.4, 0.5) is 5.69 Å². The Bertz CT molecular complexity index is 1110. The van der Waals surface area contributed by atoms with Gasteiger partial charge < -0.3 is 9.47 Å². The number of imide groups is 1. The first-order chi connectivity index (χ1) is 14.8. The fraction of sp³-hybridized carbons (Fsp3) is 0.318. The number of nitrogens with zero attached hydrogens (tertiary/aromatic N) is 4. The maximum Gasteiger partial charge on any atom is 0.337 e. The number of benzene rings is 2. The number of methoxy groups -OCH3 is 2. The van der Waals surface area contributed by atoms with Crippen LogP contribution in [0.15, 0.2) is 46.7 Å². The van der Waals surface area contributed by atoms with E-state index in [-0.39, 0.29) is 12.5 Å². The molecule has 2 heterocycles. The summed E-state index contributed by atoms with van der Waals surface area (Å²) in [5.41, 5.74) is 3.54. The average molecular weight is 422 g/mol. The smallest absolute Gasteiger partial charge is 0.337 e. The predicted molar refractivity (Wildman–Crippen MR) is 111 cm³/mol. The SMILES string of the molecule is COC(=O)c1ccc(OC)c(CN2N=N[C@@H]3C(=O)N(c4ccc(C)c(C)c4)C(=O)[C@@H]32)c1. The number of ether oxygens (including phenoxy) is 2. The molecule has 4 rings (SSSR count). The average Bonchev–Trinajstić information content (AvgIpc) is 3.29. The second-order valence-electron chi connectivity index (χ2n) is 7.49. The van der Waals surface area contributed by atoms with Gasteiger partial charge in [-0.1, -0.05) is 11.3 Å². The van der Waals surface area contributed by atoms with Crippen LogP contribution in [-0.2, 0) is 20.9 Å². The van der Waals surface area contributed by atoms with Crippen molar-refractivity contribution in [2.75, 3.05) is 19.1 Å². The third-order valence-corrected chi connectivity index (χ3v) is 5.64. The van der Waals surface area contributed by atoms with Crippen LogP contribution < -0.4 is 9.64 Å². The normalized spacial score (nSPS) is 19.7. The largest absolute Gasteiger partial charge is 0.496 e. The molecule has 160 valence electrons. The summed E-state index contributed by atoms with van der Waals surface area (Å²) in [5.74, 6) is -0.752. The van der Waals surface area contributed by atoms with Gasteiger partial charge in [0.25, 0.3) is 11.8 Å². The maximum absolute atomic E-state index is 13.2. The minimum atomic E-state index is -0.899. The molecule has 0 aromatic heterocycles. The molecule has 2 aromatic carbocycles. The van der Waals surface area contributed by atoms with Crippen molar-refractivity contribution in [1.82, 2.24) is 5.01 Å². The highest BCUT2D eigenvalue weighted by atomic mass is 16.5. The van der Waals surface area contributed by atoms with Crippen molar-refractivity contribution in [1.29, 1.82) is 0 Å². The Labute approximate surface area is 179 Å². The van der Waals surface area contributed by atoms with E-state index in [1.807, 2.05) is 26.0 Å². The van der Waals surface area contributed by atoms with E-state index in [1.165, 1.54) is 24.1 Å². The lowest BCUT2D eigenvalue weighted by Gasteiger charge is -2.22. The van der Waals surface area contributed by atoms with Crippen molar-refractivity contribution in [3.63, 3.8) is 0 Å². The molecule has 2 aliphatic heterocycles. The highest BCUT2D eigenvalue weighted by Gasteiger charge is 2.54. The van der Waals surface area contributed by atoms with E-state index in [1.54, 1.807) is 24.3 Å². The van der Waals surface area contributed by atoms with Crippen LogP contribution in [0.2, 0.25) is 0 Å². The molecule has 2 aliphatic rings. The topological polar surface area (TPSA) is 101 Å². The van der Waals surface area contributed by atoms with Gasteiger partial charge in [0, 0.05) is 5.56 Å². The lowest BCUT2D eigenvalue weighted by atomic mass is 10.1. The molecule has 1 fully saturated rings. The quantitative estimate of drug-likeness (QED) is 0.542. The molecular weight excluding hydrogens is 400 g/mol. The van der Waals surface area contributed by atoms with Gasteiger partial charge in [-0.05, 0) is 55.3 Å². The van der Waals surface area contributed by atoms with Gasteiger partial charge in [-0.3, -0.25) is 14.6 Å². The molecule has 0 unspecified atom stereocenters. The first kappa shape index (κ1) is 20.5. The summed E-state index contributed by atoms with van der Waals surface area (Å²) >= 11 is 0. The standard InChI is InChI=1S/C22H22N4O5/c1-12-5-7-16(9-13(12)2)26-20(27)18-19(21(26)28)25(24-23-18)11-15-10-14(22(29)31-4)6-8-17(15)30-3/h5-10,18-19H,11H2,1-4H3/t18-,19+/m0/s1. The number of aryl methyl sites for hydroxylation is 2. The highest BCUT2D eigenvalue weighted by molar-refractivity contribution is 6.25. The molecule has 31 heavy (non-hydrogen) atoms. The van der Waals surface area contributed by atoms with Crippen LogP contribution in [0.3, 0.4) is 0 Å². The lowest BCUT2D eigenvalue weighted by molar-refractivity contribution is -0.123. The summed E-state index contributed by atoms with van der Waals surface area (Å²) in [6.45, 7) is 4.03. The van der Waals surface area contributed by atoms with Crippen LogP contribution in [0.25, 0.3) is 0 Å². The Morgan fingerprint density at radius 2 is 1.81 bits per heavy atom. The van der Waals surface area contributed by atoms with Crippen LogP contribution >= 0.6 is 0 Å². The van der Waals surface area contributed by atoms with Crippen LogP contribution in [0, 0.1) is 13.8 Å². The molecule has 0 N–H and O–H groups in total. The number of esters is 1. The summed E-state index contributed by atoms with van der Waals surface area (Å²) in [4.78, 5) is 39.2. The molecule has 9 heteroatoms. The second kappa shape index (κ2) is 7.82. The highest BCUT2D eigenvalue weighted by Crippen LogP contribution is 2.34. The third kappa shape index (κ3) is 3.41. The van der Waals surface area contributed by atoms with Gasteiger partial charge in [0.2, 0.25) is 0 Å². The number of fused-ring (bicyclic) bond motifs is 1. The number of hydrogen-bond donors (Lipinski definition) is 0. The molecule has 0 aliphatic carbocycles. The van der Waals surface area contributed by atoms with Gasteiger partial charge in [-0.2, -0.15) is 5.11 Å². The number of carbonyl (C=O) groups excluding carboxylic acids is 3. The minimum Gasteiger partial charge on any atom is -0.496 e. The Morgan fingerprint density at radius 3 is 2.48 bits per heavy atom. The molecule has 2 amide bonds. The van der Waals surface area contributed by atoms with Gasteiger partial charge in [0.1, 0.15) is 5.75 Å². The van der Waals surface area contributed by atoms with Gasteiger partial charge in [-0.15, -0.1) is 0 Å². The molecule has 0 spiro atoms. The zero-order valence-corrected chi connectivity index (χ0v) is 17.7. The summed E-state index contributed by atoms with van der Waals surface area (Å²) in [5, 5.41) is 9.59. The van der Waals surface area contributed by atoms with Gasteiger partial charge >= 0.3 is 5.97 Å². The van der Waals surface area contributed by atoms with Crippen molar-refractivity contribution >= 4 is 23.5 Å². The van der Waals surface area contributed by atoms with Gasteiger partial charge in [0.15, 0.2) is 12.1 Å². The number of carbonyl (C=O) groups is 3. The van der Waals surface area contributed by atoms with Crippen LogP contribution in [0.1, 0.15) is 27.0 Å². The molecule has 1 saturated heterocycles. The number of hydrogen-bond acceptors (Lipinski definition) is 8. The predicted octanol–water partition coefficient (Wildman–Crippen LogP) is 2.59. The molecule has 0 bridgehead atoms. The molecule has 9 nitrogen and oxygen atoms in total. The zero-order valence-electron chi connectivity index (χ0n) is 17.7. The molecule has 2 atom stereocenters. The van der Waals surface area contributed by atoms with E-state index in [4.69, 9.17) is 9.47 Å². The molecule has 0 radical (unpaired) electrons. The van der Waals surface area contributed by atoms with Gasteiger partial charge in [-0.25, -0.2) is 9.69 Å². The summed E-state index contributed by atoms with van der Waals surface area (Å²) in [6.07, 6.45) is 0. The lowest BCUT2D eigenvalue weighted by Crippen LogP contribution is -2.39. The van der Waals surface area contributed by atoms with E-state index in [0.717, 1.165) is 11.1 Å². The first-order valence-electron chi connectivity index (χ1n) is 9.73. The second-order valence-corrected chi connectivity index (χ2v) is 7.49. The Balaban J connectivity index is 1.63. The van der Waals surface area contributed by atoms with Crippen molar-refractivity contribution in [3.8, 4) is 5.75 Å². The monoisotopic (exact) mass is 422 g/mol. The Hall–Kier alpha value is -3.75. The fourth-order valence-electron chi connectivity index (χ4n) is 3.79. The van der Waals surface area contributed by atoms with Crippen molar-refractivity contribution in [2.24, 2.45) is 10.3 Å². The van der Waals surface area contributed by atoms with E-state index >= 15 is 0 Å². The molecule has 2 aromatic rings. The van der Waals surface area contributed by atoms with Crippen molar-refractivity contribution in [3.05, 3.63) is 58.7 Å². The van der Waals surface area contributed by atoms with Crippen LogP contribution in [-0.4, -0.2) is 49.1 Å². The number of rotatable bonds is 5. The van der Waals surface area contributed by atoms with Crippen LogP contribution in [0.5, 0.6) is 5.75 Å². The fourth-order valence-corrected chi connectivity index (χ4v) is 3.79. The summed E-state index contributed by atoms with van der Waals surface area (Å²) in [6, 6.07) is 8.56. The van der Waals surface area contributed by atoms with Crippen molar-refractivity contribution in [2.45, 2.75) is 32.5 Å². The number of amides is 2. The first-order valence-corrected chi connectivity index (χ1v) is 9.73. The van der Waals surface area contributed by atoms with Gasteiger partial charge in [0.05, 0.1) is 32.0 Å². The molecule has 0 saturated carbocycles. The third-order valence-electron chi connectivity index (χ3n) is 5.64. The van der Waals surface area contributed by atoms with E-state index in [9.17, 15) is 14.4 Å². The Kier molecular flexibility index (Phi) is 5.18. The summed E-state index contributed by atoms with van der Waals surface area (Å²) < 4.78 is 10.2. The van der Waals surface area contributed by atoms with E-state index in [0.29, 0.717) is 22.6 Å². The molecular formula is C22H22N4O5. The zero-order chi connectivity index (χ0) is 22.3.